The first-order valence-corrected chi connectivity index (χ1v) is 8.62. The number of ether oxygens (including phenoxy) is 1. The lowest BCUT2D eigenvalue weighted by atomic mass is 10.2. The van der Waals surface area contributed by atoms with E-state index < -0.39 is 5.91 Å². The van der Waals surface area contributed by atoms with Crippen LogP contribution < -0.4 is 15.8 Å². The molecule has 26 heavy (non-hydrogen) atoms. The lowest BCUT2D eigenvalue weighted by Crippen LogP contribution is -2.38. The van der Waals surface area contributed by atoms with Gasteiger partial charge in [0.25, 0.3) is 5.91 Å². The Balaban J connectivity index is 2.03. The summed E-state index contributed by atoms with van der Waals surface area (Å²) >= 11 is 0. The summed E-state index contributed by atoms with van der Waals surface area (Å²) in [6, 6.07) is 17.8. The molecule has 6 nitrogen and oxygen atoms in total. The highest BCUT2D eigenvalue weighted by molar-refractivity contribution is 5.79. The maximum absolute atomic E-state index is 10.8. The van der Waals surface area contributed by atoms with Crippen LogP contribution in [-0.4, -0.2) is 37.0 Å². The van der Waals surface area contributed by atoms with Gasteiger partial charge >= 0.3 is 0 Å². The normalized spacial score (nSPS) is 11.1. The van der Waals surface area contributed by atoms with Crippen molar-refractivity contribution in [1.29, 1.82) is 0 Å². The molecule has 0 saturated heterocycles. The summed E-state index contributed by atoms with van der Waals surface area (Å²) in [5, 5.41) is 3.31. The number of primary amides is 1. The molecule has 1 amide bonds. The van der Waals surface area contributed by atoms with Crippen LogP contribution >= 0.6 is 0 Å². The highest BCUT2D eigenvalue weighted by Gasteiger charge is 2.07. The maximum Gasteiger partial charge on any atom is 0.255 e. The Morgan fingerprint density at radius 1 is 1.15 bits per heavy atom. The van der Waals surface area contributed by atoms with Crippen LogP contribution in [0.5, 0.6) is 5.75 Å². The van der Waals surface area contributed by atoms with E-state index >= 15 is 0 Å². The van der Waals surface area contributed by atoms with Crippen molar-refractivity contribution >= 4 is 11.9 Å². The first-order chi connectivity index (χ1) is 12.6. The molecule has 0 aliphatic heterocycles. The average Bonchev–Trinajstić information content (AvgIpc) is 2.64. The molecule has 0 aliphatic rings. The van der Waals surface area contributed by atoms with E-state index in [1.165, 1.54) is 5.56 Å². The number of hydrogen-bond donors (Lipinski definition) is 2. The average molecular weight is 354 g/mol. The van der Waals surface area contributed by atoms with Crippen LogP contribution in [0.15, 0.2) is 59.6 Å². The van der Waals surface area contributed by atoms with Crippen LogP contribution in [0.3, 0.4) is 0 Å². The predicted molar refractivity (Wildman–Crippen MR) is 104 cm³/mol. The monoisotopic (exact) mass is 354 g/mol. The summed E-state index contributed by atoms with van der Waals surface area (Å²) in [6.07, 6.45) is 0. The van der Waals surface area contributed by atoms with Gasteiger partial charge in [-0.05, 0) is 30.2 Å². The molecule has 0 heterocycles. The third kappa shape index (κ3) is 6.47. The molecule has 0 aliphatic carbocycles. The van der Waals surface area contributed by atoms with E-state index in [-0.39, 0.29) is 6.61 Å². The van der Waals surface area contributed by atoms with E-state index in [9.17, 15) is 4.79 Å². The van der Waals surface area contributed by atoms with Crippen LogP contribution in [-0.2, 0) is 17.9 Å². The molecule has 0 fully saturated rings. The Hall–Kier alpha value is -3.02. The Labute approximate surface area is 154 Å². The Morgan fingerprint density at radius 3 is 2.58 bits per heavy atom. The fraction of sp³-hybridized carbons (Fsp3) is 0.300. The van der Waals surface area contributed by atoms with Gasteiger partial charge in [-0.3, -0.25) is 4.79 Å². The number of aliphatic imine (C=N–C) groups is 1. The zero-order valence-electron chi connectivity index (χ0n) is 15.3. The van der Waals surface area contributed by atoms with Crippen molar-refractivity contribution in [3.8, 4) is 5.75 Å². The van der Waals surface area contributed by atoms with Crippen molar-refractivity contribution in [3.05, 3.63) is 65.7 Å². The fourth-order valence-electron chi connectivity index (χ4n) is 2.46. The van der Waals surface area contributed by atoms with E-state index in [0.29, 0.717) is 12.3 Å². The van der Waals surface area contributed by atoms with Gasteiger partial charge in [-0.15, -0.1) is 0 Å². The number of amides is 1. The molecule has 2 aromatic carbocycles. The summed E-state index contributed by atoms with van der Waals surface area (Å²) in [5.74, 6) is 0.948. The van der Waals surface area contributed by atoms with Gasteiger partial charge in [-0.2, -0.15) is 0 Å². The van der Waals surface area contributed by atoms with E-state index in [4.69, 9.17) is 15.5 Å². The number of nitrogens with one attached hydrogen (secondary N) is 1. The number of rotatable bonds is 8. The first kappa shape index (κ1) is 19.3. The van der Waals surface area contributed by atoms with Gasteiger partial charge in [0, 0.05) is 20.1 Å². The second-order valence-electron chi connectivity index (χ2n) is 5.91. The van der Waals surface area contributed by atoms with Gasteiger partial charge in [0.05, 0.1) is 6.54 Å². The number of carbonyl (C=O) groups is 1. The highest BCUT2D eigenvalue weighted by Crippen LogP contribution is 2.14. The third-order valence-corrected chi connectivity index (χ3v) is 3.65. The van der Waals surface area contributed by atoms with Crippen LogP contribution in [0.4, 0.5) is 0 Å². The van der Waals surface area contributed by atoms with E-state index in [0.717, 1.165) is 24.6 Å². The molecule has 0 radical (unpaired) electrons. The van der Waals surface area contributed by atoms with Gasteiger partial charge in [0.1, 0.15) is 5.75 Å². The third-order valence-electron chi connectivity index (χ3n) is 3.65. The minimum absolute atomic E-state index is 0.130. The Kier molecular flexibility index (Phi) is 7.49. The summed E-state index contributed by atoms with van der Waals surface area (Å²) in [4.78, 5) is 17.6. The smallest absolute Gasteiger partial charge is 0.255 e. The zero-order valence-corrected chi connectivity index (χ0v) is 15.3. The Morgan fingerprint density at radius 2 is 1.88 bits per heavy atom. The van der Waals surface area contributed by atoms with Crippen molar-refractivity contribution in [3.63, 3.8) is 0 Å². The summed E-state index contributed by atoms with van der Waals surface area (Å²) in [5.41, 5.74) is 7.33. The summed E-state index contributed by atoms with van der Waals surface area (Å²) in [6.45, 7) is 3.99. The molecule has 0 unspecified atom stereocenters. The van der Waals surface area contributed by atoms with Crippen LogP contribution in [0.2, 0.25) is 0 Å². The minimum atomic E-state index is -0.495. The molecule has 0 saturated carbocycles. The van der Waals surface area contributed by atoms with Gasteiger partial charge < -0.3 is 20.7 Å². The van der Waals surface area contributed by atoms with Crippen LogP contribution in [0.25, 0.3) is 0 Å². The van der Waals surface area contributed by atoms with Crippen LogP contribution in [0, 0.1) is 0 Å². The highest BCUT2D eigenvalue weighted by atomic mass is 16.5. The van der Waals surface area contributed by atoms with E-state index in [2.05, 4.69) is 22.3 Å². The number of benzene rings is 2. The molecule has 0 spiro atoms. The lowest BCUT2D eigenvalue weighted by Gasteiger charge is -2.22. The number of nitrogens with zero attached hydrogens (tertiary/aromatic N) is 2. The number of hydrogen-bond acceptors (Lipinski definition) is 3. The van der Waals surface area contributed by atoms with Crippen molar-refractivity contribution in [2.24, 2.45) is 10.7 Å². The predicted octanol–water partition coefficient (Wildman–Crippen LogP) is 2.15. The summed E-state index contributed by atoms with van der Waals surface area (Å²) < 4.78 is 5.34. The number of guanidine groups is 1. The Bertz CT molecular complexity index is 732. The molecule has 0 atom stereocenters. The molecule has 0 bridgehead atoms. The van der Waals surface area contributed by atoms with Gasteiger partial charge in [0.15, 0.2) is 12.6 Å². The van der Waals surface area contributed by atoms with Crippen molar-refractivity contribution in [2.75, 3.05) is 20.2 Å². The topological polar surface area (TPSA) is 80.0 Å². The SMILES string of the molecule is CCNC(=NCc1cccc(OCC(N)=O)c1)N(C)Cc1ccccc1. The van der Waals surface area contributed by atoms with E-state index in [1.54, 1.807) is 6.07 Å². The van der Waals surface area contributed by atoms with Gasteiger partial charge in [-0.1, -0.05) is 42.5 Å². The minimum Gasteiger partial charge on any atom is -0.484 e. The van der Waals surface area contributed by atoms with E-state index in [1.807, 2.05) is 50.4 Å². The number of carbonyl (C=O) groups excluding carboxylic acids is 1. The van der Waals surface area contributed by atoms with Crippen molar-refractivity contribution in [1.82, 2.24) is 10.2 Å². The van der Waals surface area contributed by atoms with Crippen molar-refractivity contribution in [2.45, 2.75) is 20.0 Å². The van der Waals surface area contributed by atoms with Gasteiger partial charge in [0.2, 0.25) is 0 Å². The fourth-order valence-corrected chi connectivity index (χ4v) is 2.46. The molecule has 2 aromatic rings. The van der Waals surface area contributed by atoms with Crippen LogP contribution in [0.1, 0.15) is 18.1 Å². The quantitative estimate of drug-likeness (QED) is 0.562. The molecule has 138 valence electrons. The molecule has 2 rings (SSSR count). The zero-order chi connectivity index (χ0) is 18.8. The van der Waals surface area contributed by atoms with Crippen molar-refractivity contribution < 1.29 is 9.53 Å². The molecular formula is C20H26N4O2. The second kappa shape index (κ2) is 10.1. The first-order valence-electron chi connectivity index (χ1n) is 8.62. The standard InChI is InChI=1S/C20H26N4O2/c1-3-22-20(24(2)14-16-8-5-4-6-9-16)23-13-17-10-7-11-18(12-17)26-15-19(21)25/h4-12H,3,13-15H2,1-2H3,(H2,21,25)(H,22,23). The molecule has 6 heteroatoms. The second-order valence-corrected chi connectivity index (χ2v) is 5.91. The largest absolute Gasteiger partial charge is 0.484 e. The molecule has 3 N–H and O–H groups in total. The van der Waals surface area contributed by atoms with Gasteiger partial charge in [-0.25, -0.2) is 4.99 Å². The lowest BCUT2D eigenvalue weighted by molar-refractivity contribution is -0.119. The molecule has 0 aromatic heterocycles. The summed E-state index contributed by atoms with van der Waals surface area (Å²) in [7, 11) is 2.01. The molecular weight excluding hydrogens is 328 g/mol. The maximum atomic E-state index is 10.8. The number of nitrogens with two attached hydrogens (primary N) is 1.